The van der Waals surface area contributed by atoms with Crippen LogP contribution in [0.5, 0.6) is 0 Å². The van der Waals surface area contributed by atoms with Gasteiger partial charge < -0.3 is 9.53 Å². The minimum atomic E-state index is -0.215. The highest BCUT2D eigenvalue weighted by Gasteiger charge is 2.19. The van der Waals surface area contributed by atoms with Gasteiger partial charge in [0, 0.05) is 0 Å². The molecule has 0 bridgehead atoms. The Kier molecular flexibility index (Phi) is 2.83. The van der Waals surface area contributed by atoms with Gasteiger partial charge in [-0.25, -0.2) is 0 Å². The lowest BCUT2D eigenvalue weighted by Crippen LogP contribution is -2.28. The first-order chi connectivity index (χ1) is 5.24. The van der Waals surface area contributed by atoms with E-state index in [1.807, 2.05) is 12.2 Å². The van der Waals surface area contributed by atoms with Gasteiger partial charge >= 0.3 is 0 Å². The number of ether oxygens (including phenoxy) is 1. The Morgan fingerprint density at radius 1 is 1.64 bits per heavy atom. The smallest absolute Gasteiger partial charge is 0.149 e. The van der Waals surface area contributed by atoms with E-state index in [0.717, 1.165) is 12.7 Å². The fraction of sp³-hybridized carbons (Fsp3) is 0.667. The zero-order valence-corrected chi connectivity index (χ0v) is 6.99. The first-order valence-electron chi connectivity index (χ1n) is 4.01. The normalized spacial score (nSPS) is 30.8. The molecular formula is C9H14O2. The SMILES string of the molecule is CC(C)[C@H]1C=CC[C@H](C=O)O1. The summed E-state index contributed by atoms with van der Waals surface area (Å²) in [6.07, 6.45) is 5.56. The fourth-order valence-corrected chi connectivity index (χ4v) is 1.12. The number of carbonyl (C=O) groups is 1. The van der Waals surface area contributed by atoms with Crippen molar-refractivity contribution in [3.8, 4) is 0 Å². The second-order valence-electron chi connectivity index (χ2n) is 3.18. The van der Waals surface area contributed by atoms with Crippen LogP contribution in [0.25, 0.3) is 0 Å². The van der Waals surface area contributed by atoms with E-state index < -0.39 is 0 Å². The molecule has 0 aromatic carbocycles. The molecule has 0 aromatic rings. The molecule has 0 fully saturated rings. The molecule has 0 spiro atoms. The molecule has 0 aliphatic carbocycles. The van der Waals surface area contributed by atoms with Crippen molar-refractivity contribution in [2.45, 2.75) is 32.5 Å². The molecule has 2 heteroatoms. The first-order valence-corrected chi connectivity index (χ1v) is 4.01. The van der Waals surface area contributed by atoms with Gasteiger partial charge in [0.15, 0.2) is 0 Å². The molecule has 0 saturated carbocycles. The predicted molar refractivity (Wildman–Crippen MR) is 43.3 cm³/mol. The summed E-state index contributed by atoms with van der Waals surface area (Å²) in [6.45, 7) is 4.17. The van der Waals surface area contributed by atoms with Gasteiger partial charge in [-0.3, -0.25) is 0 Å². The molecule has 2 atom stereocenters. The largest absolute Gasteiger partial charge is 0.363 e. The fourth-order valence-electron chi connectivity index (χ4n) is 1.12. The Hall–Kier alpha value is -0.630. The molecule has 1 aliphatic heterocycles. The van der Waals surface area contributed by atoms with Crippen molar-refractivity contribution in [1.82, 2.24) is 0 Å². The monoisotopic (exact) mass is 154 g/mol. The van der Waals surface area contributed by atoms with Gasteiger partial charge in [-0.15, -0.1) is 0 Å². The Balaban J connectivity index is 2.52. The molecule has 11 heavy (non-hydrogen) atoms. The summed E-state index contributed by atoms with van der Waals surface area (Å²) in [7, 11) is 0. The van der Waals surface area contributed by atoms with E-state index in [2.05, 4.69) is 13.8 Å². The van der Waals surface area contributed by atoms with Gasteiger partial charge in [-0.1, -0.05) is 26.0 Å². The summed E-state index contributed by atoms with van der Waals surface area (Å²) in [5, 5.41) is 0. The summed E-state index contributed by atoms with van der Waals surface area (Å²) in [4.78, 5) is 10.4. The molecule has 0 saturated heterocycles. The number of hydrogen-bond donors (Lipinski definition) is 0. The number of hydrogen-bond acceptors (Lipinski definition) is 2. The van der Waals surface area contributed by atoms with E-state index in [4.69, 9.17) is 4.74 Å². The third-order valence-corrected chi connectivity index (χ3v) is 1.83. The van der Waals surface area contributed by atoms with Gasteiger partial charge in [0.2, 0.25) is 0 Å². The van der Waals surface area contributed by atoms with Crippen LogP contribution in [0.3, 0.4) is 0 Å². The van der Waals surface area contributed by atoms with Crippen molar-refractivity contribution in [1.29, 1.82) is 0 Å². The van der Waals surface area contributed by atoms with E-state index in [-0.39, 0.29) is 12.2 Å². The van der Waals surface area contributed by atoms with Gasteiger partial charge in [-0.05, 0) is 12.3 Å². The molecule has 1 heterocycles. The second kappa shape index (κ2) is 3.67. The second-order valence-corrected chi connectivity index (χ2v) is 3.18. The maximum absolute atomic E-state index is 10.4. The van der Waals surface area contributed by atoms with Crippen molar-refractivity contribution in [2.75, 3.05) is 0 Å². The molecule has 62 valence electrons. The van der Waals surface area contributed by atoms with Gasteiger partial charge in [0.1, 0.15) is 12.4 Å². The van der Waals surface area contributed by atoms with E-state index in [1.54, 1.807) is 0 Å². The number of carbonyl (C=O) groups excluding carboxylic acids is 1. The van der Waals surface area contributed by atoms with Crippen LogP contribution in [0.4, 0.5) is 0 Å². The summed E-state index contributed by atoms with van der Waals surface area (Å²) in [5.41, 5.74) is 0. The average molecular weight is 154 g/mol. The highest BCUT2D eigenvalue weighted by molar-refractivity contribution is 5.56. The molecule has 1 aliphatic rings. The predicted octanol–water partition coefficient (Wildman–Crippen LogP) is 1.55. The topological polar surface area (TPSA) is 26.3 Å². The third-order valence-electron chi connectivity index (χ3n) is 1.83. The third kappa shape index (κ3) is 2.15. The average Bonchev–Trinajstić information content (AvgIpc) is 2.05. The maximum Gasteiger partial charge on any atom is 0.149 e. The maximum atomic E-state index is 10.4. The van der Waals surface area contributed by atoms with Gasteiger partial charge in [0.05, 0.1) is 6.10 Å². The number of rotatable bonds is 2. The minimum Gasteiger partial charge on any atom is -0.363 e. The minimum absolute atomic E-state index is 0.124. The van der Waals surface area contributed by atoms with Crippen molar-refractivity contribution in [2.24, 2.45) is 5.92 Å². The Morgan fingerprint density at radius 2 is 2.36 bits per heavy atom. The van der Waals surface area contributed by atoms with Gasteiger partial charge in [0.25, 0.3) is 0 Å². The van der Waals surface area contributed by atoms with Crippen LogP contribution < -0.4 is 0 Å². The highest BCUT2D eigenvalue weighted by atomic mass is 16.5. The summed E-state index contributed by atoms with van der Waals surface area (Å²) in [6, 6.07) is 0. The Labute approximate surface area is 67.2 Å². The van der Waals surface area contributed by atoms with Crippen LogP contribution in [0.15, 0.2) is 12.2 Å². The van der Waals surface area contributed by atoms with Crippen LogP contribution in [0, 0.1) is 5.92 Å². The summed E-state index contributed by atoms with van der Waals surface area (Å²) < 4.78 is 5.44. The lowest BCUT2D eigenvalue weighted by molar-refractivity contribution is -0.122. The molecule has 0 N–H and O–H groups in total. The zero-order valence-electron chi connectivity index (χ0n) is 6.99. The van der Waals surface area contributed by atoms with Crippen LogP contribution in [0.1, 0.15) is 20.3 Å². The molecule has 0 amide bonds. The molecule has 0 aromatic heterocycles. The Bertz CT molecular complexity index is 161. The lowest BCUT2D eigenvalue weighted by Gasteiger charge is -2.24. The standard InChI is InChI=1S/C9H14O2/c1-7(2)9-5-3-4-8(6-10)11-9/h3,5-9H,4H2,1-2H3/t8-,9-/m1/s1. The molecule has 0 radical (unpaired) electrons. The van der Waals surface area contributed by atoms with Crippen LogP contribution in [-0.2, 0) is 9.53 Å². The van der Waals surface area contributed by atoms with Crippen LogP contribution in [-0.4, -0.2) is 18.5 Å². The number of aldehydes is 1. The van der Waals surface area contributed by atoms with Crippen molar-refractivity contribution in [3.05, 3.63) is 12.2 Å². The molecule has 0 unspecified atom stereocenters. The lowest BCUT2D eigenvalue weighted by atomic mass is 10.0. The van der Waals surface area contributed by atoms with Gasteiger partial charge in [-0.2, -0.15) is 0 Å². The van der Waals surface area contributed by atoms with E-state index >= 15 is 0 Å². The quantitative estimate of drug-likeness (QED) is 0.445. The van der Waals surface area contributed by atoms with E-state index in [1.165, 1.54) is 0 Å². The van der Waals surface area contributed by atoms with E-state index in [9.17, 15) is 4.79 Å². The molecular weight excluding hydrogens is 140 g/mol. The first kappa shape index (κ1) is 8.47. The Morgan fingerprint density at radius 3 is 2.91 bits per heavy atom. The highest BCUT2D eigenvalue weighted by Crippen LogP contribution is 2.16. The van der Waals surface area contributed by atoms with Crippen molar-refractivity contribution < 1.29 is 9.53 Å². The van der Waals surface area contributed by atoms with E-state index in [0.29, 0.717) is 5.92 Å². The van der Waals surface area contributed by atoms with Crippen molar-refractivity contribution >= 4 is 6.29 Å². The molecule has 1 rings (SSSR count). The van der Waals surface area contributed by atoms with Crippen molar-refractivity contribution in [3.63, 3.8) is 0 Å². The zero-order chi connectivity index (χ0) is 8.27. The summed E-state index contributed by atoms with van der Waals surface area (Å²) in [5.74, 6) is 0.453. The van der Waals surface area contributed by atoms with Crippen LogP contribution >= 0.6 is 0 Å². The molecule has 2 nitrogen and oxygen atoms in total. The van der Waals surface area contributed by atoms with Crippen LogP contribution in [0.2, 0.25) is 0 Å². The summed E-state index contributed by atoms with van der Waals surface area (Å²) >= 11 is 0.